The van der Waals surface area contributed by atoms with E-state index in [1.807, 2.05) is 30.0 Å². The number of aromatic nitrogens is 2. The van der Waals surface area contributed by atoms with E-state index in [0.717, 1.165) is 24.3 Å². The van der Waals surface area contributed by atoms with Crippen LogP contribution in [0, 0.1) is 16.0 Å². The fraction of sp³-hybridized carbons (Fsp3) is 0.400. The molecule has 0 aliphatic carbocycles. The molecule has 5 nitrogen and oxygen atoms in total. The molecule has 0 amide bonds. The Labute approximate surface area is 127 Å². The third kappa shape index (κ3) is 3.10. The van der Waals surface area contributed by atoms with Gasteiger partial charge in [0.1, 0.15) is 12.4 Å². The summed E-state index contributed by atoms with van der Waals surface area (Å²) in [5.74, 6) is 2.78. The maximum absolute atomic E-state index is 10.9. The second-order valence-electron chi connectivity index (χ2n) is 5.24. The first-order valence-corrected chi connectivity index (χ1v) is 8.22. The molecule has 1 saturated heterocycles. The van der Waals surface area contributed by atoms with E-state index in [4.69, 9.17) is 0 Å². The number of benzene rings is 1. The summed E-state index contributed by atoms with van der Waals surface area (Å²) in [5.41, 5.74) is 1.23. The van der Waals surface area contributed by atoms with Crippen molar-refractivity contribution in [1.82, 2.24) is 9.78 Å². The smallest absolute Gasteiger partial charge is 0.258 e. The van der Waals surface area contributed by atoms with Gasteiger partial charge in [-0.1, -0.05) is 30.3 Å². The highest BCUT2D eigenvalue weighted by Crippen LogP contribution is 2.36. The van der Waals surface area contributed by atoms with Crippen LogP contribution in [0.3, 0.4) is 0 Å². The van der Waals surface area contributed by atoms with Crippen molar-refractivity contribution in [2.45, 2.75) is 18.9 Å². The SMILES string of the molecule is O=[N+]([O-])c1cnn(C(c2ccccc2)C2CCSCC2)c1. The van der Waals surface area contributed by atoms with Gasteiger partial charge in [0, 0.05) is 0 Å². The summed E-state index contributed by atoms with van der Waals surface area (Å²) in [6.45, 7) is 0. The van der Waals surface area contributed by atoms with Crippen LogP contribution in [-0.2, 0) is 0 Å². The number of nitro groups is 1. The van der Waals surface area contributed by atoms with E-state index < -0.39 is 0 Å². The van der Waals surface area contributed by atoms with Crippen molar-refractivity contribution >= 4 is 17.4 Å². The lowest BCUT2D eigenvalue weighted by Crippen LogP contribution is -2.24. The third-order valence-corrected chi connectivity index (χ3v) is 4.99. The van der Waals surface area contributed by atoms with Crippen LogP contribution < -0.4 is 0 Å². The molecule has 1 atom stereocenters. The molecular weight excluding hydrogens is 286 g/mol. The van der Waals surface area contributed by atoms with E-state index in [0.29, 0.717) is 5.92 Å². The summed E-state index contributed by atoms with van der Waals surface area (Å²) < 4.78 is 1.77. The predicted molar refractivity (Wildman–Crippen MR) is 83.5 cm³/mol. The first-order valence-electron chi connectivity index (χ1n) is 7.07. The fourth-order valence-electron chi connectivity index (χ4n) is 2.90. The Hall–Kier alpha value is -1.82. The standard InChI is InChI=1S/C15H17N3O2S/c19-18(20)14-10-16-17(11-14)15(12-4-2-1-3-5-12)13-6-8-21-9-7-13/h1-5,10-11,13,15H,6-9H2. The Bertz CT molecular complexity index is 608. The molecule has 0 saturated carbocycles. The Morgan fingerprint density at radius 1 is 1.29 bits per heavy atom. The van der Waals surface area contributed by atoms with Crippen LogP contribution in [-0.4, -0.2) is 26.2 Å². The molecule has 3 rings (SSSR count). The van der Waals surface area contributed by atoms with Crippen molar-refractivity contribution in [2.75, 3.05) is 11.5 Å². The molecule has 1 unspecified atom stereocenters. The summed E-state index contributed by atoms with van der Waals surface area (Å²) in [6, 6.07) is 10.3. The Balaban J connectivity index is 1.96. The zero-order chi connectivity index (χ0) is 14.7. The highest BCUT2D eigenvalue weighted by molar-refractivity contribution is 7.99. The minimum absolute atomic E-state index is 0.0566. The van der Waals surface area contributed by atoms with Crippen molar-refractivity contribution in [3.8, 4) is 0 Å². The van der Waals surface area contributed by atoms with Gasteiger partial charge >= 0.3 is 5.69 Å². The number of rotatable bonds is 4. The number of hydrogen-bond donors (Lipinski definition) is 0. The minimum atomic E-state index is -0.387. The molecule has 1 aliphatic rings. The van der Waals surface area contributed by atoms with Crippen LogP contribution in [0.2, 0.25) is 0 Å². The van der Waals surface area contributed by atoms with Crippen molar-refractivity contribution in [1.29, 1.82) is 0 Å². The fourth-order valence-corrected chi connectivity index (χ4v) is 4.04. The van der Waals surface area contributed by atoms with E-state index in [2.05, 4.69) is 17.2 Å². The first kappa shape index (κ1) is 14.1. The van der Waals surface area contributed by atoms with Gasteiger partial charge in [0.05, 0.1) is 11.0 Å². The lowest BCUT2D eigenvalue weighted by atomic mass is 9.88. The van der Waals surface area contributed by atoms with Gasteiger partial charge in [0.25, 0.3) is 0 Å². The highest BCUT2D eigenvalue weighted by atomic mass is 32.2. The van der Waals surface area contributed by atoms with Gasteiger partial charge in [-0.3, -0.25) is 14.8 Å². The maximum Gasteiger partial charge on any atom is 0.307 e. The molecule has 0 radical (unpaired) electrons. The number of thioether (sulfide) groups is 1. The summed E-state index contributed by atoms with van der Waals surface area (Å²) in [6.07, 6.45) is 5.14. The Kier molecular flexibility index (Phi) is 4.24. The quantitative estimate of drug-likeness (QED) is 0.640. The molecule has 0 bridgehead atoms. The van der Waals surface area contributed by atoms with Crippen LogP contribution in [0.25, 0.3) is 0 Å². The van der Waals surface area contributed by atoms with Gasteiger partial charge in [-0.2, -0.15) is 16.9 Å². The first-order chi connectivity index (χ1) is 10.3. The van der Waals surface area contributed by atoms with Crippen LogP contribution >= 0.6 is 11.8 Å². The van der Waals surface area contributed by atoms with E-state index in [9.17, 15) is 10.1 Å². The Morgan fingerprint density at radius 3 is 2.62 bits per heavy atom. The summed E-state index contributed by atoms with van der Waals surface area (Å²) in [5, 5.41) is 15.2. The largest absolute Gasteiger partial charge is 0.307 e. The van der Waals surface area contributed by atoms with Crippen molar-refractivity contribution in [2.24, 2.45) is 5.92 Å². The zero-order valence-electron chi connectivity index (χ0n) is 11.6. The lowest BCUT2D eigenvalue weighted by molar-refractivity contribution is -0.385. The van der Waals surface area contributed by atoms with Crippen LogP contribution in [0.1, 0.15) is 24.4 Å². The van der Waals surface area contributed by atoms with E-state index in [1.165, 1.54) is 11.8 Å². The third-order valence-electron chi connectivity index (χ3n) is 3.94. The maximum atomic E-state index is 10.9. The normalized spacial score (nSPS) is 17.5. The van der Waals surface area contributed by atoms with Crippen LogP contribution in [0.4, 0.5) is 5.69 Å². The molecule has 21 heavy (non-hydrogen) atoms. The molecule has 0 N–H and O–H groups in total. The molecule has 1 aromatic heterocycles. The minimum Gasteiger partial charge on any atom is -0.258 e. The molecular formula is C15H17N3O2S. The van der Waals surface area contributed by atoms with E-state index >= 15 is 0 Å². The predicted octanol–water partition coefficient (Wildman–Crippen LogP) is 3.52. The lowest BCUT2D eigenvalue weighted by Gasteiger charge is -2.30. The van der Waals surface area contributed by atoms with E-state index in [-0.39, 0.29) is 16.7 Å². The molecule has 0 spiro atoms. The topological polar surface area (TPSA) is 61.0 Å². The summed E-state index contributed by atoms with van der Waals surface area (Å²) in [4.78, 5) is 10.5. The monoisotopic (exact) mass is 303 g/mol. The van der Waals surface area contributed by atoms with Crippen LogP contribution in [0.5, 0.6) is 0 Å². The van der Waals surface area contributed by atoms with Crippen LogP contribution in [0.15, 0.2) is 42.7 Å². The second kappa shape index (κ2) is 6.30. The molecule has 2 heterocycles. The van der Waals surface area contributed by atoms with Gasteiger partial charge < -0.3 is 0 Å². The van der Waals surface area contributed by atoms with Gasteiger partial charge in [-0.25, -0.2) is 0 Å². The number of nitrogens with zero attached hydrogens (tertiary/aromatic N) is 3. The average Bonchev–Trinajstić information content (AvgIpc) is 3.00. The Morgan fingerprint density at radius 2 is 2.00 bits per heavy atom. The molecule has 1 aromatic carbocycles. The van der Waals surface area contributed by atoms with E-state index in [1.54, 1.807) is 10.9 Å². The van der Waals surface area contributed by atoms with Gasteiger partial charge in [0.15, 0.2) is 0 Å². The molecule has 1 aliphatic heterocycles. The molecule has 6 heteroatoms. The molecule has 2 aromatic rings. The van der Waals surface area contributed by atoms with Gasteiger partial charge in [-0.15, -0.1) is 0 Å². The zero-order valence-corrected chi connectivity index (χ0v) is 12.4. The number of hydrogen-bond acceptors (Lipinski definition) is 4. The van der Waals surface area contributed by atoms with Gasteiger partial charge in [0.2, 0.25) is 0 Å². The second-order valence-corrected chi connectivity index (χ2v) is 6.47. The van der Waals surface area contributed by atoms with Crippen molar-refractivity contribution in [3.05, 3.63) is 58.4 Å². The van der Waals surface area contributed by atoms with Crippen molar-refractivity contribution < 1.29 is 4.92 Å². The highest BCUT2D eigenvalue weighted by Gasteiger charge is 2.28. The average molecular weight is 303 g/mol. The molecule has 1 fully saturated rings. The van der Waals surface area contributed by atoms with Gasteiger partial charge in [-0.05, 0) is 35.8 Å². The summed E-state index contributed by atoms with van der Waals surface area (Å²) in [7, 11) is 0. The summed E-state index contributed by atoms with van der Waals surface area (Å²) >= 11 is 1.98. The molecule has 110 valence electrons. The van der Waals surface area contributed by atoms with Crippen molar-refractivity contribution in [3.63, 3.8) is 0 Å².